The first-order chi connectivity index (χ1) is 10.9. The summed E-state index contributed by atoms with van der Waals surface area (Å²) in [7, 11) is 1.41. The Morgan fingerprint density at radius 2 is 1.96 bits per heavy atom. The number of aliphatic hydroxyl groups excluding tert-OH is 1. The molecule has 1 aliphatic rings. The maximum absolute atomic E-state index is 12.3. The Bertz CT molecular complexity index is 511. The van der Waals surface area contributed by atoms with Crippen LogP contribution in [-0.2, 0) is 0 Å². The molecule has 1 atom stereocenters. The van der Waals surface area contributed by atoms with E-state index in [2.05, 4.69) is 15.0 Å². The van der Waals surface area contributed by atoms with Crippen LogP contribution in [0, 0.1) is 0 Å². The number of nitrogens with zero attached hydrogens (tertiary/aromatic N) is 1. The third-order valence-electron chi connectivity index (χ3n) is 3.79. The molecule has 138 valence electrons. The SMILES string of the molecule is COc1cc(OC(F)(F)F)ccc1[C@H](CCO)N1CCNCC1.Cl. The van der Waals surface area contributed by atoms with E-state index < -0.39 is 6.36 Å². The maximum atomic E-state index is 12.3. The van der Waals surface area contributed by atoms with E-state index in [4.69, 9.17) is 4.74 Å². The van der Waals surface area contributed by atoms with Gasteiger partial charge in [0.1, 0.15) is 11.5 Å². The Hall–Kier alpha value is -1.22. The van der Waals surface area contributed by atoms with Gasteiger partial charge in [0.25, 0.3) is 0 Å². The highest BCUT2D eigenvalue weighted by Crippen LogP contribution is 2.36. The normalized spacial score (nSPS) is 17.0. The monoisotopic (exact) mass is 370 g/mol. The molecule has 0 aromatic heterocycles. The summed E-state index contributed by atoms with van der Waals surface area (Å²) in [5, 5.41) is 12.6. The van der Waals surface area contributed by atoms with Gasteiger partial charge in [0, 0.05) is 50.5 Å². The Kier molecular flexibility index (Phi) is 8.08. The number of ether oxygens (including phenoxy) is 2. The number of hydrogen-bond acceptors (Lipinski definition) is 5. The standard InChI is InChI=1S/C15H21F3N2O3.ClH/c1-22-14-10-11(23-15(16,17)18)2-3-12(14)13(4-9-21)20-7-5-19-6-8-20;/h2-3,10,13,19,21H,4-9H2,1H3;1H/t13-;/m0./s1. The number of benzene rings is 1. The fourth-order valence-electron chi connectivity index (χ4n) is 2.81. The molecule has 0 amide bonds. The number of rotatable bonds is 6. The van der Waals surface area contributed by atoms with Crippen LogP contribution in [0.5, 0.6) is 11.5 Å². The molecular formula is C15H22ClF3N2O3. The molecular weight excluding hydrogens is 349 g/mol. The quantitative estimate of drug-likeness (QED) is 0.805. The van der Waals surface area contributed by atoms with Gasteiger partial charge in [-0.05, 0) is 12.5 Å². The van der Waals surface area contributed by atoms with Crippen molar-refractivity contribution in [2.24, 2.45) is 0 Å². The number of hydrogen-bond donors (Lipinski definition) is 2. The second kappa shape index (κ2) is 9.31. The molecule has 1 aliphatic heterocycles. The predicted molar refractivity (Wildman–Crippen MR) is 85.8 cm³/mol. The van der Waals surface area contributed by atoms with Crippen LogP contribution in [0.3, 0.4) is 0 Å². The topological polar surface area (TPSA) is 54.0 Å². The number of alkyl halides is 3. The van der Waals surface area contributed by atoms with E-state index in [0.717, 1.165) is 31.7 Å². The first kappa shape index (κ1) is 20.8. The molecule has 1 saturated heterocycles. The van der Waals surface area contributed by atoms with E-state index in [0.29, 0.717) is 12.2 Å². The van der Waals surface area contributed by atoms with Gasteiger partial charge in [0.15, 0.2) is 0 Å². The van der Waals surface area contributed by atoms with Gasteiger partial charge in [-0.25, -0.2) is 0 Å². The van der Waals surface area contributed by atoms with E-state index in [1.165, 1.54) is 19.2 Å². The Morgan fingerprint density at radius 3 is 2.50 bits per heavy atom. The van der Waals surface area contributed by atoms with Crippen LogP contribution in [0.15, 0.2) is 18.2 Å². The van der Waals surface area contributed by atoms with Gasteiger partial charge in [-0.2, -0.15) is 0 Å². The lowest BCUT2D eigenvalue weighted by Gasteiger charge is -2.35. The molecule has 0 spiro atoms. The van der Waals surface area contributed by atoms with Gasteiger partial charge in [0.2, 0.25) is 0 Å². The minimum Gasteiger partial charge on any atom is -0.496 e. The van der Waals surface area contributed by atoms with E-state index >= 15 is 0 Å². The first-order valence-electron chi connectivity index (χ1n) is 7.44. The molecule has 1 fully saturated rings. The second-order valence-corrected chi connectivity index (χ2v) is 5.27. The number of piperazine rings is 1. The summed E-state index contributed by atoms with van der Waals surface area (Å²) in [6.45, 7) is 3.25. The van der Waals surface area contributed by atoms with Gasteiger partial charge in [-0.15, -0.1) is 25.6 Å². The average Bonchev–Trinajstić information content (AvgIpc) is 2.52. The van der Waals surface area contributed by atoms with Crippen molar-refractivity contribution in [3.63, 3.8) is 0 Å². The lowest BCUT2D eigenvalue weighted by molar-refractivity contribution is -0.274. The van der Waals surface area contributed by atoms with Crippen LogP contribution in [0.1, 0.15) is 18.0 Å². The van der Waals surface area contributed by atoms with Crippen molar-refractivity contribution in [2.45, 2.75) is 18.8 Å². The van der Waals surface area contributed by atoms with E-state index in [1.807, 2.05) is 0 Å². The fraction of sp³-hybridized carbons (Fsp3) is 0.600. The van der Waals surface area contributed by atoms with Crippen LogP contribution in [-0.4, -0.2) is 56.3 Å². The van der Waals surface area contributed by atoms with Crippen molar-refractivity contribution in [3.8, 4) is 11.5 Å². The molecule has 2 rings (SSSR count). The lowest BCUT2D eigenvalue weighted by Crippen LogP contribution is -2.45. The molecule has 2 N–H and O–H groups in total. The summed E-state index contributed by atoms with van der Waals surface area (Å²) in [5.41, 5.74) is 0.748. The number of methoxy groups -OCH3 is 1. The molecule has 24 heavy (non-hydrogen) atoms. The van der Waals surface area contributed by atoms with E-state index in [-0.39, 0.29) is 30.8 Å². The third kappa shape index (κ3) is 5.70. The van der Waals surface area contributed by atoms with Gasteiger partial charge in [0.05, 0.1) is 7.11 Å². The highest BCUT2D eigenvalue weighted by molar-refractivity contribution is 5.85. The Morgan fingerprint density at radius 1 is 1.29 bits per heavy atom. The number of halogens is 4. The maximum Gasteiger partial charge on any atom is 0.573 e. The molecule has 0 bridgehead atoms. The summed E-state index contributed by atoms with van der Waals surface area (Å²) < 4.78 is 46.2. The van der Waals surface area contributed by atoms with Crippen molar-refractivity contribution in [3.05, 3.63) is 23.8 Å². The molecule has 9 heteroatoms. The molecule has 0 aliphatic carbocycles. The molecule has 5 nitrogen and oxygen atoms in total. The van der Waals surface area contributed by atoms with Crippen LogP contribution in [0.2, 0.25) is 0 Å². The molecule has 0 radical (unpaired) electrons. The zero-order chi connectivity index (χ0) is 16.9. The van der Waals surface area contributed by atoms with Gasteiger partial charge >= 0.3 is 6.36 Å². The van der Waals surface area contributed by atoms with E-state index in [1.54, 1.807) is 6.07 Å². The minimum absolute atomic E-state index is 0. The molecule has 1 aromatic rings. The summed E-state index contributed by atoms with van der Waals surface area (Å²) in [6.07, 6.45) is -4.26. The second-order valence-electron chi connectivity index (χ2n) is 5.27. The largest absolute Gasteiger partial charge is 0.573 e. The summed E-state index contributed by atoms with van der Waals surface area (Å²) in [5.74, 6) is 0.00453. The van der Waals surface area contributed by atoms with Gasteiger partial charge < -0.3 is 19.9 Å². The van der Waals surface area contributed by atoms with Crippen LogP contribution in [0.25, 0.3) is 0 Å². The van der Waals surface area contributed by atoms with Gasteiger partial charge in [-0.1, -0.05) is 6.07 Å². The molecule has 0 saturated carbocycles. The van der Waals surface area contributed by atoms with Crippen molar-refractivity contribution in [2.75, 3.05) is 39.9 Å². The fourth-order valence-corrected chi connectivity index (χ4v) is 2.81. The number of nitrogens with one attached hydrogen (secondary N) is 1. The van der Waals surface area contributed by atoms with Crippen molar-refractivity contribution in [1.29, 1.82) is 0 Å². The highest BCUT2D eigenvalue weighted by Gasteiger charge is 2.32. The minimum atomic E-state index is -4.74. The summed E-state index contributed by atoms with van der Waals surface area (Å²) in [6, 6.07) is 3.97. The molecule has 1 heterocycles. The lowest BCUT2D eigenvalue weighted by atomic mass is 10.00. The zero-order valence-corrected chi connectivity index (χ0v) is 14.1. The van der Waals surface area contributed by atoms with Crippen molar-refractivity contribution in [1.82, 2.24) is 10.2 Å². The average molecular weight is 371 g/mol. The predicted octanol–water partition coefficient (Wildman–Crippen LogP) is 2.34. The van der Waals surface area contributed by atoms with Crippen LogP contribution >= 0.6 is 12.4 Å². The highest BCUT2D eigenvalue weighted by atomic mass is 35.5. The van der Waals surface area contributed by atoms with Gasteiger partial charge in [-0.3, -0.25) is 4.90 Å². The number of aliphatic hydroxyl groups is 1. The van der Waals surface area contributed by atoms with Crippen LogP contribution < -0.4 is 14.8 Å². The summed E-state index contributed by atoms with van der Waals surface area (Å²) in [4.78, 5) is 2.19. The Balaban J connectivity index is 0.00000288. The zero-order valence-electron chi connectivity index (χ0n) is 13.3. The molecule has 0 unspecified atom stereocenters. The summed E-state index contributed by atoms with van der Waals surface area (Å²) >= 11 is 0. The van der Waals surface area contributed by atoms with Crippen molar-refractivity contribution < 1.29 is 27.8 Å². The molecule has 1 aromatic carbocycles. The third-order valence-corrected chi connectivity index (χ3v) is 3.79. The van der Waals surface area contributed by atoms with Crippen LogP contribution in [0.4, 0.5) is 13.2 Å². The van der Waals surface area contributed by atoms with Crippen molar-refractivity contribution >= 4 is 12.4 Å². The Labute approximate surface area is 145 Å². The first-order valence-corrected chi connectivity index (χ1v) is 7.44. The smallest absolute Gasteiger partial charge is 0.496 e. The van der Waals surface area contributed by atoms with E-state index in [9.17, 15) is 18.3 Å².